The van der Waals surface area contributed by atoms with E-state index in [1.807, 2.05) is 6.92 Å². The monoisotopic (exact) mass is 416 g/mol. The van der Waals surface area contributed by atoms with Gasteiger partial charge < -0.3 is 14.6 Å². The summed E-state index contributed by atoms with van der Waals surface area (Å²) in [6.45, 7) is 6.47. The number of hydrogen-bond donors (Lipinski definition) is 1. The predicted octanol–water partition coefficient (Wildman–Crippen LogP) is 3.35. The van der Waals surface area contributed by atoms with Crippen LogP contribution in [0.4, 0.5) is 11.6 Å². The number of ether oxygens (including phenoxy) is 1. The summed E-state index contributed by atoms with van der Waals surface area (Å²) in [5, 5.41) is 14.1. The Morgan fingerprint density at radius 1 is 1.31 bits per heavy atom. The summed E-state index contributed by atoms with van der Waals surface area (Å²) >= 11 is 1.64. The van der Waals surface area contributed by atoms with Gasteiger partial charge in [-0.3, -0.25) is 15.0 Å². The lowest BCUT2D eigenvalue weighted by Gasteiger charge is -2.20. The van der Waals surface area contributed by atoms with E-state index in [-0.39, 0.29) is 16.7 Å². The van der Waals surface area contributed by atoms with Crippen LogP contribution in [0.25, 0.3) is 11.0 Å². The molecule has 29 heavy (non-hydrogen) atoms. The molecular formula is C19H24N6O3S. The smallest absolute Gasteiger partial charge is 0.271 e. The van der Waals surface area contributed by atoms with Crippen molar-refractivity contribution >= 4 is 34.0 Å². The molecule has 0 spiro atoms. The summed E-state index contributed by atoms with van der Waals surface area (Å²) in [6, 6.07) is 4.72. The molecule has 1 N–H and O–H groups in total. The topological polar surface area (TPSA) is 100 Å². The number of benzene rings is 1. The van der Waals surface area contributed by atoms with Gasteiger partial charge in [-0.15, -0.1) is 11.3 Å². The van der Waals surface area contributed by atoms with E-state index in [1.165, 1.54) is 12.1 Å². The van der Waals surface area contributed by atoms with Crippen LogP contribution in [0.5, 0.6) is 0 Å². The van der Waals surface area contributed by atoms with Gasteiger partial charge in [-0.25, -0.2) is 9.97 Å². The Hall–Kier alpha value is -2.56. The fourth-order valence-corrected chi connectivity index (χ4v) is 4.34. The highest BCUT2D eigenvalue weighted by Crippen LogP contribution is 2.24. The number of aromatic amines is 1. The number of imidazole rings is 1. The van der Waals surface area contributed by atoms with Gasteiger partial charge in [0.25, 0.3) is 5.69 Å². The molecule has 0 aliphatic carbocycles. The number of nitro groups is 1. The predicted molar refractivity (Wildman–Crippen MR) is 112 cm³/mol. The molecule has 4 rings (SSSR count). The van der Waals surface area contributed by atoms with Crippen molar-refractivity contribution in [2.24, 2.45) is 0 Å². The number of methoxy groups -OCH3 is 1. The molecule has 9 nitrogen and oxygen atoms in total. The summed E-state index contributed by atoms with van der Waals surface area (Å²) in [7, 11) is 1.70. The summed E-state index contributed by atoms with van der Waals surface area (Å²) < 4.78 is 5.35. The Bertz CT molecular complexity index is 1000. The van der Waals surface area contributed by atoms with Gasteiger partial charge >= 0.3 is 0 Å². The number of aromatic nitrogens is 3. The van der Waals surface area contributed by atoms with E-state index in [9.17, 15) is 10.1 Å². The first-order valence-corrected chi connectivity index (χ1v) is 10.5. The average molecular weight is 417 g/mol. The lowest BCUT2D eigenvalue weighted by molar-refractivity contribution is -0.384. The highest BCUT2D eigenvalue weighted by Gasteiger charge is 2.20. The number of fused-ring (bicyclic) bond motifs is 1. The maximum Gasteiger partial charge on any atom is 0.271 e. The largest absolute Gasteiger partial charge is 0.375 e. The summed E-state index contributed by atoms with van der Waals surface area (Å²) in [6.07, 6.45) is 1.04. The number of nitrogens with zero attached hydrogens (tertiary/aromatic N) is 5. The Morgan fingerprint density at radius 3 is 2.97 bits per heavy atom. The van der Waals surface area contributed by atoms with Crippen LogP contribution in [0.15, 0.2) is 23.6 Å². The zero-order valence-electron chi connectivity index (χ0n) is 16.5. The van der Waals surface area contributed by atoms with Crippen molar-refractivity contribution in [1.29, 1.82) is 0 Å². The molecule has 10 heteroatoms. The highest BCUT2D eigenvalue weighted by molar-refractivity contribution is 7.09. The maximum atomic E-state index is 11.0. The fourth-order valence-electron chi connectivity index (χ4n) is 3.50. The van der Waals surface area contributed by atoms with Gasteiger partial charge in [0.1, 0.15) is 11.1 Å². The Kier molecular flexibility index (Phi) is 5.74. The van der Waals surface area contributed by atoms with Gasteiger partial charge in [0.15, 0.2) is 0 Å². The standard InChI is InChI=1S/C19H24N6O3S/c1-13(28-2)18-20-14(12-29-18)11-23-6-3-7-24(9-8-23)19-21-16-5-4-15(25(26)27)10-17(16)22-19/h4-5,10,12-13H,3,6-9,11H2,1-2H3,(H,21,22)/t13-/m0/s1. The van der Waals surface area contributed by atoms with Gasteiger partial charge in [-0.05, 0) is 19.4 Å². The minimum absolute atomic E-state index is 0.0253. The minimum Gasteiger partial charge on any atom is -0.375 e. The van der Waals surface area contributed by atoms with Crippen molar-refractivity contribution in [3.63, 3.8) is 0 Å². The molecule has 154 valence electrons. The second kappa shape index (κ2) is 8.44. The molecule has 0 unspecified atom stereocenters. The van der Waals surface area contributed by atoms with Crippen molar-refractivity contribution in [3.05, 3.63) is 44.4 Å². The van der Waals surface area contributed by atoms with E-state index < -0.39 is 0 Å². The van der Waals surface area contributed by atoms with Crippen LogP contribution in [-0.2, 0) is 11.3 Å². The van der Waals surface area contributed by atoms with Gasteiger partial charge in [0, 0.05) is 57.3 Å². The third kappa shape index (κ3) is 4.39. The molecule has 1 saturated heterocycles. The van der Waals surface area contributed by atoms with E-state index in [2.05, 4.69) is 25.1 Å². The first kappa shape index (κ1) is 19.7. The molecule has 0 amide bonds. The fraction of sp³-hybridized carbons (Fsp3) is 0.474. The second-order valence-corrected chi connectivity index (χ2v) is 8.08. The molecule has 2 aromatic heterocycles. The van der Waals surface area contributed by atoms with Gasteiger partial charge in [-0.1, -0.05) is 0 Å². The number of thiazole rings is 1. The molecule has 1 atom stereocenters. The van der Waals surface area contributed by atoms with Crippen LogP contribution in [-0.4, -0.2) is 58.1 Å². The minimum atomic E-state index is -0.388. The molecule has 3 heterocycles. The number of rotatable bonds is 6. The van der Waals surface area contributed by atoms with Gasteiger partial charge in [-0.2, -0.15) is 0 Å². The van der Waals surface area contributed by atoms with Crippen molar-refractivity contribution in [2.75, 3.05) is 38.2 Å². The molecular weight excluding hydrogens is 392 g/mol. The van der Waals surface area contributed by atoms with Crippen molar-refractivity contribution < 1.29 is 9.66 Å². The first-order valence-electron chi connectivity index (χ1n) is 9.62. The van der Waals surface area contributed by atoms with Crippen molar-refractivity contribution in [3.8, 4) is 0 Å². The zero-order chi connectivity index (χ0) is 20.4. The zero-order valence-corrected chi connectivity index (χ0v) is 17.3. The molecule has 3 aromatic rings. The van der Waals surface area contributed by atoms with E-state index in [1.54, 1.807) is 24.5 Å². The molecule has 1 aromatic carbocycles. The Morgan fingerprint density at radius 2 is 2.17 bits per heavy atom. The van der Waals surface area contributed by atoms with Crippen LogP contribution in [0, 0.1) is 10.1 Å². The van der Waals surface area contributed by atoms with Gasteiger partial charge in [0.2, 0.25) is 5.95 Å². The quantitative estimate of drug-likeness (QED) is 0.486. The molecule has 1 fully saturated rings. The van der Waals surface area contributed by atoms with Crippen LogP contribution in [0.3, 0.4) is 0 Å². The van der Waals surface area contributed by atoms with E-state index in [0.29, 0.717) is 5.52 Å². The highest BCUT2D eigenvalue weighted by atomic mass is 32.1. The number of H-pyrrole nitrogens is 1. The van der Waals surface area contributed by atoms with E-state index in [0.717, 1.165) is 61.3 Å². The van der Waals surface area contributed by atoms with Crippen LogP contribution >= 0.6 is 11.3 Å². The molecule has 1 aliphatic heterocycles. The number of hydrogen-bond acceptors (Lipinski definition) is 8. The van der Waals surface area contributed by atoms with Crippen molar-refractivity contribution in [1.82, 2.24) is 19.9 Å². The number of nitrogens with one attached hydrogen (secondary N) is 1. The number of non-ortho nitro benzene ring substituents is 1. The van der Waals surface area contributed by atoms with Crippen LogP contribution < -0.4 is 4.90 Å². The SMILES string of the molecule is CO[C@@H](C)c1nc(CN2CCCN(c3nc4ccc([N+](=O)[O-])cc4[nH]3)CC2)cs1. The lowest BCUT2D eigenvalue weighted by atomic mass is 10.3. The van der Waals surface area contributed by atoms with Crippen LogP contribution in [0.1, 0.15) is 30.2 Å². The Balaban J connectivity index is 1.41. The van der Waals surface area contributed by atoms with Crippen molar-refractivity contribution in [2.45, 2.75) is 26.0 Å². The summed E-state index contributed by atoms with van der Waals surface area (Å²) in [4.78, 5) is 27.8. The third-order valence-corrected chi connectivity index (χ3v) is 6.26. The lowest BCUT2D eigenvalue weighted by Crippen LogP contribution is -2.31. The Labute approximate surface area is 172 Å². The number of anilines is 1. The normalized spacial score (nSPS) is 16.8. The molecule has 0 saturated carbocycles. The molecule has 0 radical (unpaired) electrons. The van der Waals surface area contributed by atoms with E-state index >= 15 is 0 Å². The summed E-state index contributed by atoms with van der Waals surface area (Å²) in [5.41, 5.74) is 2.59. The van der Waals surface area contributed by atoms with E-state index in [4.69, 9.17) is 9.72 Å². The molecule has 1 aliphatic rings. The van der Waals surface area contributed by atoms with Gasteiger partial charge in [0.05, 0.1) is 21.7 Å². The number of nitro benzene ring substituents is 1. The van der Waals surface area contributed by atoms with Crippen LogP contribution in [0.2, 0.25) is 0 Å². The second-order valence-electron chi connectivity index (χ2n) is 7.19. The maximum absolute atomic E-state index is 11.0. The molecule has 0 bridgehead atoms. The average Bonchev–Trinajstić information content (AvgIpc) is 3.29. The third-order valence-electron chi connectivity index (χ3n) is 5.21. The summed E-state index contributed by atoms with van der Waals surface area (Å²) in [5.74, 6) is 0.771. The first-order chi connectivity index (χ1) is 14.0.